The summed E-state index contributed by atoms with van der Waals surface area (Å²) in [6, 6.07) is 5.90. The van der Waals surface area contributed by atoms with Gasteiger partial charge in [-0.25, -0.2) is 0 Å². The van der Waals surface area contributed by atoms with Crippen LogP contribution in [0.2, 0.25) is 0 Å². The predicted octanol–water partition coefficient (Wildman–Crippen LogP) is 3.04. The molecule has 0 heterocycles. The second-order valence-corrected chi connectivity index (χ2v) is 3.43. The molecule has 2 heteroatoms. The fourth-order valence-corrected chi connectivity index (χ4v) is 1.49. The van der Waals surface area contributed by atoms with E-state index >= 15 is 0 Å². The van der Waals surface area contributed by atoms with E-state index in [1.165, 1.54) is 0 Å². The molecule has 0 aliphatic heterocycles. The van der Waals surface area contributed by atoms with Crippen molar-refractivity contribution in [3.63, 3.8) is 0 Å². The molecule has 0 amide bonds. The number of nitrogens with one attached hydrogen (secondary N) is 1. The van der Waals surface area contributed by atoms with E-state index in [2.05, 4.69) is 18.6 Å². The predicted molar refractivity (Wildman–Crippen MR) is 63.7 cm³/mol. The minimum Gasteiger partial charge on any atom is -0.324 e. The number of nitrogens with two attached hydrogens (primary N) is 1. The first-order chi connectivity index (χ1) is 6.57. The Labute approximate surface area is 85.1 Å². The first-order valence-electron chi connectivity index (χ1n) is 4.49. The highest BCUT2D eigenvalue weighted by Gasteiger charge is 2.08. The average molecular weight is 188 g/mol. The van der Waals surface area contributed by atoms with Crippen LogP contribution in [0.1, 0.15) is 25.0 Å². The third kappa shape index (κ3) is 1.86. The number of hydrazine groups is 1. The molecule has 0 saturated heterocycles. The van der Waals surface area contributed by atoms with Crippen LogP contribution < -0.4 is 11.3 Å². The van der Waals surface area contributed by atoms with Crippen LogP contribution in [-0.4, -0.2) is 0 Å². The van der Waals surface area contributed by atoms with Gasteiger partial charge in [0.15, 0.2) is 0 Å². The maximum atomic E-state index is 5.44. The molecule has 0 bridgehead atoms. The van der Waals surface area contributed by atoms with Gasteiger partial charge in [-0.3, -0.25) is 5.84 Å². The van der Waals surface area contributed by atoms with E-state index < -0.39 is 0 Å². The molecule has 74 valence electrons. The van der Waals surface area contributed by atoms with Gasteiger partial charge in [0.1, 0.15) is 0 Å². The van der Waals surface area contributed by atoms with Gasteiger partial charge >= 0.3 is 0 Å². The Morgan fingerprint density at radius 3 is 2.29 bits per heavy atom. The molecule has 0 radical (unpaired) electrons. The number of benzene rings is 1. The molecule has 3 N–H and O–H groups in total. The zero-order valence-corrected chi connectivity index (χ0v) is 8.72. The summed E-state index contributed by atoms with van der Waals surface area (Å²) in [6.07, 6.45) is 0. The standard InChI is InChI=1S/C12H16N2/c1-8(2)10-6-5-7-11(14-13)12(10)9(3)4/h5-7,14H,1,3,13H2,2,4H3. The molecule has 2 nitrogen and oxygen atoms in total. The fourth-order valence-electron chi connectivity index (χ4n) is 1.49. The average Bonchev–Trinajstić information content (AvgIpc) is 2.16. The minimum absolute atomic E-state index is 0.887. The highest BCUT2D eigenvalue weighted by molar-refractivity contribution is 5.84. The van der Waals surface area contributed by atoms with Crippen molar-refractivity contribution in [3.8, 4) is 0 Å². The Hall–Kier alpha value is -1.54. The summed E-state index contributed by atoms with van der Waals surface area (Å²) in [6.45, 7) is 11.8. The van der Waals surface area contributed by atoms with Gasteiger partial charge in [-0.15, -0.1) is 0 Å². The lowest BCUT2D eigenvalue weighted by Gasteiger charge is -2.14. The maximum Gasteiger partial charge on any atom is 0.0566 e. The maximum absolute atomic E-state index is 5.44. The second-order valence-electron chi connectivity index (χ2n) is 3.43. The largest absolute Gasteiger partial charge is 0.324 e. The van der Waals surface area contributed by atoms with Crippen LogP contribution >= 0.6 is 0 Å². The molecular weight excluding hydrogens is 172 g/mol. The van der Waals surface area contributed by atoms with Crippen molar-refractivity contribution in [1.29, 1.82) is 0 Å². The van der Waals surface area contributed by atoms with Crippen LogP contribution in [0.4, 0.5) is 5.69 Å². The summed E-state index contributed by atoms with van der Waals surface area (Å²) < 4.78 is 0. The molecule has 1 aromatic rings. The molecule has 14 heavy (non-hydrogen) atoms. The minimum atomic E-state index is 0.887. The van der Waals surface area contributed by atoms with Crippen molar-refractivity contribution in [3.05, 3.63) is 42.5 Å². The van der Waals surface area contributed by atoms with Gasteiger partial charge < -0.3 is 5.43 Å². The van der Waals surface area contributed by atoms with Crippen LogP contribution in [0, 0.1) is 0 Å². The zero-order valence-electron chi connectivity index (χ0n) is 8.72. The summed E-state index contributed by atoms with van der Waals surface area (Å²) in [4.78, 5) is 0. The topological polar surface area (TPSA) is 38.0 Å². The van der Waals surface area contributed by atoms with Crippen LogP contribution in [-0.2, 0) is 0 Å². The fraction of sp³-hybridized carbons (Fsp3) is 0.167. The summed E-state index contributed by atoms with van der Waals surface area (Å²) in [7, 11) is 0. The summed E-state index contributed by atoms with van der Waals surface area (Å²) >= 11 is 0. The third-order valence-electron chi connectivity index (χ3n) is 2.11. The second kappa shape index (κ2) is 4.11. The SMILES string of the molecule is C=C(C)c1cccc(NN)c1C(=C)C. The summed E-state index contributed by atoms with van der Waals surface area (Å²) in [5.41, 5.74) is 7.69. The quantitative estimate of drug-likeness (QED) is 0.565. The first-order valence-corrected chi connectivity index (χ1v) is 4.49. The first kappa shape index (κ1) is 10.5. The normalized spacial score (nSPS) is 9.64. The Balaban J connectivity index is 3.43. The lowest BCUT2D eigenvalue weighted by molar-refractivity contribution is 1.33. The van der Waals surface area contributed by atoms with E-state index in [1.54, 1.807) is 0 Å². The van der Waals surface area contributed by atoms with Crippen molar-refractivity contribution < 1.29 is 0 Å². The van der Waals surface area contributed by atoms with E-state index in [0.717, 1.165) is 28.0 Å². The molecule has 0 fully saturated rings. The molecule has 0 aliphatic rings. The molecule has 1 rings (SSSR count). The van der Waals surface area contributed by atoms with Gasteiger partial charge in [-0.1, -0.05) is 30.9 Å². The van der Waals surface area contributed by atoms with Crippen molar-refractivity contribution in [1.82, 2.24) is 0 Å². The van der Waals surface area contributed by atoms with E-state index in [-0.39, 0.29) is 0 Å². The van der Waals surface area contributed by atoms with Crippen molar-refractivity contribution in [2.45, 2.75) is 13.8 Å². The number of nitrogen functional groups attached to an aromatic ring is 1. The Kier molecular flexibility index (Phi) is 3.10. The van der Waals surface area contributed by atoms with Gasteiger partial charge in [-0.05, 0) is 31.1 Å². The van der Waals surface area contributed by atoms with E-state index in [1.807, 2.05) is 32.0 Å². The monoisotopic (exact) mass is 188 g/mol. The smallest absolute Gasteiger partial charge is 0.0566 e. The van der Waals surface area contributed by atoms with Gasteiger partial charge in [0.05, 0.1) is 5.69 Å². The number of rotatable bonds is 3. The van der Waals surface area contributed by atoms with Gasteiger partial charge in [0.25, 0.3) is 0 Å². The molecule has 0 atom stereocenters. The third-order valence-corrected chi connectivity index (χ3v) is 2.11. The number of hydrogen-bond acceptors (Lipinski definition) is 2. The Morgan fingerprint density at radius 2 is 1.86 bits per heavy atom. The number of allylic oxidation sites excluding steroid dienone is 2. The highest BCUT2D eigenvalue weighted by Crippen LogP contribution is 2.29. The molecule has 1 aromatic carbocycles. The highest BCUT2D eigenvalue weighted by atomic mass is 15.2. The van der Waals surface area contributed by atoms with Gasteiger partial charge in [0, 0.05) is 5.56 Å². The zero-order chi connectivity index (χ0) is 10.7. The van der Waals surface area contributed by atoms with E-state index in [4.69, 9.17) is 5.84 Å². The Morgan fingerprint density at radius 1 is 1.21 bits per heavy atom. The van der Waals surface area contributed by atoms with Gasteiger partial charge in [0.2, 0.25) is 0 Å². The number of hydrogen-bond donors (Lipinski definition) is 2. The van der Waals surface area contributed by atoms with Crippen LogP contribution in [0.25, 0.3) is 11.1 Å². The Bertz CT molecular complexity index is 378. The molecule has 0 spiro atoms. The lowest BCUT2D eigenvalue weighted by Crippen LogP contribution is -2.09. The molecular formula is C12H16N2. The number of anilines is 1. The van der Waals surface area contributed by atoms with Crippen LogP contribution in [0.5, 0.6) is 0 Å². The summed E-state index contributed by atoms with van der Waals surface area (Å²) in [5.74, 6) is 5.44. The van der Waals surface area contributed by atoms with Crippen molar-refractivity contribution in [2.75, 3.05) is 5.43 Å². The van der Waals surface area contributed by atoms with Crippen LogP contribution in [0.3, 0.4) is 0 Å². The van der Waals surface area contributed by atoms with E-state index in [9.17, 15) is 0 Å². The molecule has 0 aromatic heterocycles. The van der Waals surface area contributed by atoms with Crippen molar-refractivity contribution in [2.24, 2.45) is 5.84 Å². The van der Waals surface area contributed by atoms with E-state index in [0.29, 0.717) is 0 Å². The molecule has 0 aliphatic carbocycles. The van der Waals surface area contributed by atoms with Gasteiger partial charge in [-0.2, -0.15) is 0 Å². The van der Waals surface area contributed by atoms with Crippen molar-refractivity contribution >= 4 is 16.8 Å². The summed E-state index contributed by atoms with van der Waals surface area (Å²) in [5, 5.41) is 0. The van der Waals surface area contributed by atoms with Crippen LogP contribution in [0.15, 0.2) is 31.4 Å². The lowest BCUT2D eigenvalue weighted by atomic mass is 9.96. The molecule has 0 saturated carbocycles. The molecule has 0 unspecified atom stereocenters.